The molecule has 0 N–H and O–H groups in total. The van der Waals surface area contributed by atoms with Crippen LogP contribution in [0.3, 0.4) is 0 Å². The van der Waals surface area contributed by atoms with Gasteiger partial charge in [0.05, 0.1) is 5.69 Å². The van der Waals surface area contributed by atoms with Gasteiger partial charge in [-0.2, -0.15) is 17.2 Å². The van der Waals surface area contributed by atoms with E-state index in [-0.39, 0.29) is 20.4 Å². The van der Waals surface area contributed by atoms with Crippen molar-refractivity contribution in [2.75, 3.05) is 0 Å². The van der Waals surface area contributed by atoms with Crippen LogP contribution in [0.1, 0.15) is 23.9 Å². The van der Waals surface area contributed by atoms with Crippen molar-refractivity contribution in [3.8, 4) is 34.1 Å². The van der Waals surface area contributed by atoms with Crippen molar-refractivity contribution in [3.05, 3.63) is 132 Å². The maximum atomic E-state index is 6.37. The molecule has 3 aromatic heterocycles. The molecule has 0 aliphatic rings. The van der Waals surface area contributed by atoms with Crippen LogP contribution in [0.2, 0.25) is 0 Å². The van der Waals surface area contributed by atoms with Crippen molar-refractivity contribution in [2.45, 2.75) is 27.2 Å². The van der Waals surface area contributed by atoms with Crippen LogP contribution in [0.25, 0.3) is 44.4 Å². The van der Waals surface area contributed by atoms with Crippen LogP contribution in [0.4, 0.5) is 0 Å². The molecule has 42 heavy (non-hydrogen) atoms. The van der Waals surface area contributed by atoms with Crippen molar-refractivity contribution in [1.82, 2.24) is 19.3 Å². The number of nitrogens with zero attached hydrogens (tertiary/aromatic N) is 4. The van der Waals surface area contributed by atoms with E-state index in [1.165, 1.54) is 11.1 Å². The minimum Gasteiger partial charge on any atom is -0.509 e. The Labute approximate surface area is 259 Å². The second-order valence-corrected chi connectivity index (χ2v) is 10.2. The number of pyridine rings is 1. The Kier molecular flexibility index (Phi) is 7.51. The number of para-hydroxylation sites is 1. The third-order valence-electron chi connectivity index (χ3n) is 7.44. The van der Waals surface area contributed by atoms with Gasteiger partial charge in [-0.15, -0.1) is 35.7 Å². The summed E-state index contributed by atoms with van der Waals surface area (Å²) >= 11 is 0. The van der Waals surface area contributed by atoms with Gasteiger partial charge in [0, 0.05) is 34.5 Å². The molecule has 3 heterocycles. The molecule has 7 aromatic rings. The van der Waals surface area contributed by atoms with Crippen molar-refractivity contribution in [2.24, 2.45) is 0 Å². The molecule has 0 spiro atoms. The molecule has 5 nitrogen and oxygen atoms in total. The van der Waals surface area contributed by atoms with Crippen LogP contribution in [0, 0.1) is 26.0 Å². The fourth-order valence-electron chi connectivity index (χ4n) is 5.63. The standard InChI is InChI=1S/C36H28N4O.Pd/c1-4-32-36(26-11-6-5-7-12-26)25(3)38-40(32)27-13-10-14-28(22-27)41-29-17-18-31-30-15-8-9-16-33(30)39(34(31)23-29)35-21-24(2)19-20-37-35;/h5-21H,4H2,1-3H3;/q-2;+2. The Morgan fingerprint density at radius 3 is 2.38 bits per heavy atom. The summed E-state index contributed by atoms with van der Waals surface area (Å²) in [5.41, 5.74) is 8.46. The van der Waals surface area contributed by atoms with Crippen molar-refractivity contribution in [3.63, 3.8) is 0 Å². The number of fused-ring (bicyclic) bond motifs is 3. The van der Waals surface area contributed by atoms with E-state index in [4.69, 9.17) is 9.84 Å². The topological polar surface area (TPSA) is 44.9 Å². The first kappa shape index (κ1) is 27.7. The van der Waals surface area contributed by atoms with Crippen LogP contribution in [-0.2, 0) is 26.8 Å². The Balaban J connectivity index is 0.00000316. The quantitative estimate of drug-likeness (QED) is 0.135. The molecule has 7 rings (SSSR count). The van der Waals surface area contributed by atoms with Gasteiger partial charge in [-0.05, 0) is 60.7 Å². The fourth-order valence-corrected chi connectivity index (χ4v) is 5.63. The summed E-state index contributed by atoms with van der Waals surface area (Å²) in [5, 5.41) is 7.16. The molecule has 208 valence electrons. The van der Waals surface area contributed by atoms with E-state index in [1.807, 2.05) is 47.3 Å². The van der Waals surface area contributed by atoms with Crippen LogP contribution in [0.5, 0.6) is 11.5 Å². The molecule has 6 heteroatoms. The summed E-state index contributed by atoms with van der Waals surface area (Å²) in [5.74, 6) is 2.07. The summed E-state index contributed by atoms with van der Waals surface area (Å²) in [4.78, 5) is 4.67. The van der Waals surface area contributed by atoms with Crippen molar-refractivity contribution in [1.29, 1.82) is 0 Å². The molecule has 0 fully saturated rings. The van der Waals surface area contributed by atoms with Gasteiger partial charge in [0.25, 0.3) is 0 Å². The third kappa shape index (κ3) is 4.83. The zero-order chi connectivity index (χ0) is 27.9. The maximum absolute atomic E-state index is 6.37. The molecule has 4 aromatic carbocycles. The van der Waals surface area contributed by atoms with E-state index in [2.05, 4.69) is 103 Å². The summed E-state index contributed by atoms with van der Waals surface area (Å²) in [6.45, 7) is 6.30. The predicted octanol–water partition coefficient (Wildman–Crippen LogP) is 8.60. The summed E-state index contributed by atoms with van der Waals surface area (Å²) in [7, 11) is 0. The molecule has 0 unspecified atom stereocenters. The third-order valence-corrected chi connectivity index (χ3v) is 7.44. The molecule has 0 aliphatic carbocycles. The van der Waals surface area contributed by atoms with E-state index < -0.39 is 0 Å². The Bertz CT molecular complexity index is 2040. The molecule has 0 atom stereocenters. The molecule has 0 amide bonds. The second kappa shape index (κ2) is 11.4. The van der Waals surface area contributed by atoms with Gasteiger partial charge < -0.3 is 9.30 Å². The van der Waals surface area contributed by atoms with E-state index in [0.29, 0.717) is 11.5 Å². The van der Waals surface area contributed by atoms with Gasteiger partial charge in [-0.25, -0.2) is 4.98 Å². The number of hydrogen-bond donors (Lipinski definition) is 0. The predicted molar refractivity (Wildman–Crippen MR) is 164 cm³/mol. The minimum absolute atomic E-state index is 0. The Hall–Kier alpha value is -4.50. The minimum atomic E-state index is 0. The number of benzene rings is 4. The monoisotopic (exact) mass is 638 g/mol. The van der Waals surface area contributed by atoms with Crippen molar-refractivity contribution < 1.29 is 25.2 Å². The number of ether oxygens (including phenoxy) is 1. The first-order chi connectivity index (χ1) is 20.1. The Morgan fingerprint density at radius 1 is 0.786 bits per heavy atom. The zero-order valence-electron chi connectivity index (χ0n) is 23.5. The van der Waals surface area contributed by atoms with Gasteiger partial charge in [-0.1, -0.05) is 61.0 Å². The normalized spacial score (nSPS) is 11.1. The van der Waals surface area contributed by atoms with E-state index in [9.17, 15) is 0 Å². The summed E-state index contributed by atoms with van der Waals surface area (Å²) in [6.07, 6.45) is 2.68. The molecule has 0 saturated carbocycles. The average Bonchev–Trinajstić information content (AvgIpc) is 3.51. The molecule has 0 aliphatic heterocycles. The first-order valence-corrected chi connectivity index (χ1v) is 13.8. The summed E-state index contributed by atoms with van der Waals surface area (Å²) in [6, 6.07) is 39.8. The fraction of sp³-hybridized carbons (Fsp3) is 0.111. The van der Waals surface area contributed by atoms with Gasteiger partial charge in [0.15, 0.2) is 0 Å². The molecule has 0 radical (unpaired) electrons. The van der Waals surface area contributed by atoms with Crippen LogP contribution in [0.15, 0.2) is 103 Å². The molecular weight excluding hydrogens is 611 g/mol. The average molecular weight is 639 g/mol. The number of aromatic nitrogens is 4. The smallest absolute Gasteiger partial charge is 0.509 e. The molecular formula is C36H28N4OPd. The number of aryl methyl sites for hydroxylation is 2. The maximum Gasteiger partial charge on any atom is 2.00 e. The van der Waals surface area contributed by atoms with Gasteiger partial charge in [0.2, 0.25) is 0 Å². The van der Waals surface area contributed by atoms with Crippen LogP contribution >= 0.6 is 0 Å². The molecule has 0 bridgehead atoms. The Morgan fingerprint density at radius 2 is 1.57 bits per heavy atom. The SMILES string of the molecule is CCc1c(-c2ccccc2)c(C)nn1-c1[c-]c(Oc2[c-]c3c(cc2)c2ccccc2n3-c2cc(C)ccn2)ccc1.[Pd+2]. The van der Waals surface area contributed by atoms with Gasteiger partial charge in [-0.3, -0.25) is 4.68 Å². The van der Waals surface area contributed by atoms with E-state index in [1.54, 1.807) is 0 Å². The van der Waals surface area contributed by atoms with Crippen molar-refractivity contribution >= 4 is 21.8 Å². The van der Waals surface area contributed by atoms with Crippen LogP contribution < -0.4 is 4.74 Å². The number of hydrogen-bond acceptors (Lipinski definition) is 3. The largest absolute Gasteiger partial charge is 2.00 e. The summed E-state index contributed by atoms with van der Waals surface area (Å²) < 4.78 is 10.5. The second-order valence-electron chi connectivity index (χ2n) is 10.2. The first-order valence-electron chi connectivity index (χ1n) is 13.8. The van der Waals surface area contributed by atoms with E-state index in [0.717, 1.165) is 56.7 Å². The van der Waals surface area contributed by atoms with E-state index >= 15 is 0 Å². The molecule has 0 saturated heterocycles. The van der Waals surface area contributed by atoms with Gasteiger partial charge >= 0.3 is 20.4 Å². The van der Waals surface area contributed by atoms with Crippen LogP contribution in [-0.4, -0.2) is 19.3 Å². The number of rotatable bonds is 6. The zero-order valence-corrected chi connectivity index (χ0v) is 25.1. The van der Waals surface area contributed by atoms with Gasteiger partial charge in [0.1, 0.15) is 5.82 Å².